The highest BCUT2D eigenvalue weighted by molar-refractivity contribution is 6.03. The lowest BCUT2D eigenvalue weighted by Gasteiger charge is -2.32. The number of hydrogen-bond acceptors (Lipinski definition) is 7. The van der Waals surface area contributed by atoms with Crippen LogP contribution in [0.5, 0.6) is 17.2 Å². The van der Waals surface area contributed by atoms with Crippen LogP contribution in [0.15, 0.2) is 67.6 Å². The van der Waals surface area contributed by atoms with Gasteiger partial charge in [0.25, 0.3) is 0 Å². The van der Waals surface area contributed by atoms with Crippen LogP contribution in [0.1, 0.15) is 18.9 Å². The number of nitrogens with two attached hydrogens (primary N) is 1. The molecule has 0 aliphatic carbocycles. The topological polar surface area (TPSA) is 108 Å². The Hall–Kier alpha value is -4.40. The first-order valence-electron chi connectivity index (χ1n) is 11.4. The van der Waals surface area contributed by atoms with Crippen molar-refractivity contribution < 1.29 is 14.3 Å². The molecule has 1 aliphatic heterocycles. The van der Waals surface area contributed by atoms with E-state index in [2.05, 4.69) is 16.5 Å². The van der Waals surface area contributed by atoms with E-state index < -0.39 is 0 Å². The van der Waals surface area contributed by atoms with Gasteiger partial charge in [0.05, 0.1) is 24.7 Å². The molecule has 1 fully saturated rings. The van der Waals surface area contributed by atoms with Gasteiger partial charge in [0.1, 0.15) is 28.5 Å². The number of pyridine rings is 2. The Kier molecular flexibility index (Phi) is 6.05. The number of rotatable bonds is 6. The highest BCUT2D eigenvalue weighted by Gasteiger charge is 2.29. The molecule has 0 unspecified atom stereocenters. The van der Waals surface area contributed by atoms with Crippen molar-refractivity contribution in [3.63, 3.8) is 0 Å². The monoisotopic (exact) mass is 470 g/mol. The first-order chi connectivity index (χ1) is 17.1. The van der Waals surface area contributed by atoms with Gasteiger partial charge in [-0.2, -0.15) is 5.10 Å². The van der Waals surface area contributed by atoms with E-state index in [1.165, 1.54) is 6.08 Å². The number of benzene rings is 1. The number of ether oxygens (including phenoxy) is 2. The zero-order valence-electron chi connectivity index (χ0n) is 19.4. The van der Waals surface area contributed by atoms with Crippen LogP contribution in [0, 0.1) is 0 Å². The van der Waals surface area contributed by atoms with E-state index in [4.69, 9.17) is 20.3 Å². The van der Waals surface area contributed by atoms with Gasteiger partial charge >= 0.3 is 0 Å². The molecule has 0 bridgehead atoms. The van der Waals surface area contributed by atoms with Gasteiger partial charge in [0, 0.05) is 31.0 Å². The number of amides is 1. The maximum atomic E-state index is 12.3. The third-order valence-corrected chi connectivity index (χ3v) is 6.18. The number of piperidine rings is 1. The Morgan fingerprint density at radius 1 is 1.17 bits per heavy atom. The van der Waals surface area contributed by atoms with Crippen LogP contribution in [0.2, 0.25) is 0 Å². The Morgan fingerprint density at radius 2 is 1.91 bits per heavy atom. The van der Waals surface area contributed by atoms with Gasteiger partial charge in [-0.05, 0) is 55.3 Å². The molecule has 178 valence electrons. The maximum Gasteiger partial charge on any atom is 0.246 e. The SMILES string of the molecule is C=CC(=O)N1CCC[C@@H](n2nc(-c3ccc(Oc4ccncc4)cc3)c3c(N)ncc(OC)c32)C1. The Morgan fingerprint density at radius 3 is 2.63 bits per heavy atom. The lowest BCUT2D eigenvalue weighted by atomic mass is 10.0. The first-order valence-corrected chi connectivity index (χ1v) is 11.4. The molecule has 35 heavy (non-hydrogen) atoms. The summed E-state index contributed by atoms with van der Waals surface area (Å²) in [7, 11) is 1.60. The first kappa shape index (κ1) is 22.4. The molecular weight excluding hydrogens is 444 g/mol. The minimum absolute atomic E-state index is 0.0334. The van der Waals surface area contributed by atoms with Crippen LogP contribution in [0.25, 0.3) is 22.2 Å². The molecule has 1 atom stereocenters. The lowest BCUT2D eigenvalue weighted by molar-refractivity contribution is -0.127. The van der Waals surface area contributed by atoms with Crippen molar-refractivity contribution in [3.8, 4) is 28.5 Å². The molecule has 1 aliphatic rings. The fraction of sp³-hybridized carbons (Fsp3) is 0.231. The largest absolute Gasteiger partial charge is 0.493 e. The van der Waals surface area contributed by atoms with Crippen molar-refractivity contribution in [2.75, 3.05) is 25.9 Å². The van der Waals surface area contributed by atoms with Crippen molar-refractivity contribution in [1.82, 2.24) is 24.6 Å². The molecule has 9 nitrogen and oxygen atoms in total. The average molecular weight is 471 g/mol. The van der Waals surface area contributed by atoms with E-state index in [1.54, 1.807) is 42.7 Å². The van der Waals surface area contributed by atoms with Crippen molar-refractivity contribution >= 4 is 22.6 Å². The van der Waals surface area contributed by atoms with E-state index in [1.807, 2.05) is 28.9 Å². The standard InChI is InChI=1S/C26H26N6O3/c1-3-22(33)31-14-4-5-18(16-31)32-25-21(34-2)15-29-26(27)23(25)24(30-32)17-6-8-19(9-7-17)35-20-10-12-28-13-11-20/h3,6-13,15,18H,1,4-5,14,16H2,2H3,(H2,27,29)/t18-/m1/s1. The third-order valence-electron chi connectivity index (χ3n) is 6.18. The Bertz CT molecular complexity index is 1370. The lowest BCUT2D eigenvalue weighted by Crippen LogP contribution is -2.40. The van der Waals surface area contributed by atoms with Crippen molar-refractivity contribution in [2.45, 2.75) is 18.9 Å². The van der Waals surface area contributed by atoms with E-state index in [9.17, 15) is 4.79 Å². The van der Waals surface area contributed by atoms with Gasteiger partial charge in [-0.3, -0.25) is 14.5 Å². The van der Waals surface area contributed by atoms with Gasteiger partial charge in [0.2, 0.25) is 5.91 Å². The van der Waals surface area contributed by atoms with Gasteiger partial charge in [-0.1, -0.05) is 6.58 Å². The number of nitrogen functional groups attached to an aromatic ring is 1. The summed E-state index contributed by atoms with van der Waals surface area (Å²) in [5.41, 5.74) is 8.70. The molecule has 2 N–H and O–H groups in total. The summed E-state index contributed by atoms with van der Waals surface area (Å²) in [5.74, 6) is 2.27. The molecule has 0 spiro atoms. The van der Waals surface area contributed by atoms with E-state index in [0.29, 0.717) is 41.8 Å². The molecule has 4 aromatic rings. The Balaban J connectivity index is 1.56. The number of likely N-dealkylation sites (tertiary alicyclic amines) is 1. The summed E-state index contributed by atoms with van der Waals surface area (Å²) in [6.45, 7) is 4.86. The van der Waals surface area contributed by atoms with Crippen molar-refractivity contribution in [1.29, 1.82) is 0 Å². The van der Waals surface area contributed by atoms with E-state index >= 15 is 0 Å². The smallest absolute Gasteiger partial charge is 0.246 e. The van der Waals surface area contributed by atoms with E-state index in [-0.39, 0.29) is 11.9 Å². The van der Waals surface area contributed by atoms with Gasteiger partial charge in [-0.15, -0.1) is 0 Å². The summed E-state index contributed by atoms with van der Waals surface area (Å²) >= 11 is 0. The molecule has 1 aromatic carbocycles. The zero-order chi connectivity index (χ0) is 24.4. The molecule has 1 amide bonds. The number of hydrogen-bond donors (Lipinski definition) is 1. The molecular formula is C26H26N6O3. The van der Waals surface area contributed by atoms with Crippen LogP contribution in [0.4, 0.5) is 5.82 Å². The minimum Gasteiger partial charge on any atom is -0.493 e. The molecule has 4 heterocycles. The van der Waals surface area contributed by atoms with Gasteiger partial charge < -0.3 is 20.1 Å². The highest BCUT2D eigenvalue weighted by atomic mass is 16.5. The molecule has 3 aromatic heterocycles. The third kappa shape index (κ3) is 4.28. The number of aromatic nitrogens is 4. The molecule has 9 heteroatoms. The number of nitrogens with zero attached hydrogens (tertiary/aromatic N) is 5. The summed E-state index contributed by atoms with van der Waals surface area (Å²) in [5, 5.41) is 5.71. The summed E-state index contributed by atoms with van der Waals surface area (Å²) in [4.78, 5) is 22.4. The fourth-order valence-corrected chi connectivity index (χ4v) is 4.49. The molecule has 5 rings (SSSR count). The number of anilines is 1. The van der Waals surface area contributed by atoms with Crippen LogP contribution in [-0.4, -0.2) is 50.8 Å². The van der Waals surface area contributed by atoms with Crippen LogP contribution >= 0.6 is 0 Å². The van der Waals surface area contributed by atoms with E-state index in [0.717, 1.165) is 29.3 Å². The van der Waals surface area contributed by atoms with Crippen LogP contribution in [0.3, 0.4) is 0 Å². The van der Waals surface area contributed by atoms with Gasteiger partial charge in [0.15, 0.2) is 5.75 Å². The van der Waals surface area contributed by atoms with Crippen molar-refractivity contribution in [2.24, 2.45) is 0 Å². The number of carbonyl (C=O) groups excluding carboxylic acids is 1. The average Bonchev–Trinajstić information content (AvgIpc) is 3.31. The molecule has 0 radical (unpaired) electrons. The predicted octanol–water partition coefficient (Wildman–Crippen LogP) is 4.23. The normalized spacial score (nSPS) is 15.7. The molecule has 1 saturated heterocycles. The van der Waals surface area contributed by atoms with Crippen LogP contribution in [-0.2, 0) is 4.79 Å². The maximum absolute atomic E-state index is 12.3. The number of fused-ring (bicyclic) bond motifs is 1. The second-order valence-corrected chi connectivity index (χ2v) is 8.32. The summed E-state index contributed by atoms with van der Waals surface area (Å²) in [6, 6.07) is 11.2. The fourth-order valence-electron chi connectivity index (χ4n) is 4.49. The summed E-state index contributed by atoms with van der Waals surface area (Å²) < 4.78 is 13.5. The second-order valence-electron chi connectivity index (χ2n) is 8.32. The predicted molar refractivity (Wildman–Crippen MR) is 133 cm³/mol. The quantitative estimate of drug-likeness (QED) is 0.420. The number of methoxy groups -OCH3 is 1. The Labute approximate surface area is 202 Å². The minimum atomic E-state index is -0.0793. The number of carbonyl (C=O) groups is 1. The zero-order valence-corrected chi connectivity index (χ0v) is 19.4. The highest BCUT2D eigenvalue weighted by Crippen LogP contribution is 2.39. The van der Waals surface area contributed by atoms with Crippen LogP contribution < -0.4 is 15.2 Å². The molecule has 0 saturated carbocycles. The second kappa shape index (κ2) is 9.46. The van der Waals surface area contributed by atoms with Gasteiger partial charge in [-0.25, -0.2) is 4.98 Å². The summed E-state index contributed by atoms with van der Waals surface area (Å²) in [6.07, 6.45) is 8.07. The van der Waals surface area contributed by atoms with Crippen molar-refractivity contribution in [3.05, 3.63) is 67.6 Å².